The van der Waals surface area contributed by atoms with Gasteiger partial charge in [-0.25, -0.2) is 0 Å². The molecule has 0 saturated carbocycles. The predicted molar refractivity (Wildman–Crippen MR) is 105 cm³/mol. The number of amides is 1. The van der Waals surface area contributed by atoms with Gasteiger partial charge >= 0.3 is 0 Å². The molecule has 1 aliphatic heterocycles. The number of methoxy groups -OCH3 is 1. The van der Waals surface area contributed by atoms with Gasteiger partial charge in [-0.3, -0.25) is 4.79 Å². The molecular formula is C21H21N3O5. The molecular weight excluding hydrogens is 374 g/mol. The van der Waals surface area contributed by atoms with Crippen molar-refractivity contribution in [1.82, 2.24) is 10.1 Å². The van der Waals surface area contributed by atoms with Gasteiger partial charge in [-0.1, -0.05) is 17.3 Å². The largest absolute Gasteiger partial charge is 0.496 e. The van der Waals surface area contributed by atoms with E-state index in [4.69, 9.17) is 18.7 Å². The van der Waals surface area contributed by atoms with E-state index < -0.39 is 0 Å². The van der Waals surface area contributed by atoms with Crippen LogP contribution in [0.1, 0.15) is 18.7 Å². The molecule has 1 amide bonds. The van der Waals surface area contributed by atoms with Crippen molar-refractivity contribution in [2.45, 2.75) is 19.3 Å². The van der Waals surface area contributed by atoms with E-state index in [1.807, 2.05) is 24.3 Å². The fraction of sp³-hybridized carbons (Fsp3) is 0.286. The summed E-state index contributed by atoms with van der Waals surface area (Å²) in [5, 5.41) is 6.88. The first kappa shape index (κ1) is 18.8. The van der Waals surface area contributed by atoms with Gasteiger partial charge in [0.05, 0.1) is 12.7 Å². The van der Waals surface area contributed by atoms with E-state index in [1.165, 1.54) is 0 Å². The summed E-state index contributed by atoms with van der Waals surface area (Å²) in [4.78, 5) is 16.6. The summed E-state index contributed by atoms with van der Waals surface area (Å²) in [6.07, 6.45) is 1.43. The number of ether oxygens (including phenoxy) is 3. The Morgan fingerprint density at radius 1 is 1.14 bits per heavy atom. The third kappa shape index (κ3) is 4.48. The van der Waals surface area contributed by atoms with Gasteiger partial charge in [-0.15, -0.1) is 0 Å². The van der Waals surface area contributed by atoms with Gasteiger partial charge in [0.15, 0.2) is 11.5 Å². The van der Waals surface area contributed by atoms with Crippen LogP contribution in [-0.2, 0) is 11.2 Å². The smallest absolute Gasteiger partial charge is 0.226 e. The molecule has 0 atom stereocenters. The maximum atomic E-state index is 12.2. The Kier molecular flexibility index (Phi) is 5.60. The van der Waals surface area contributed by atoms with E-state index in [9.17, 15) is 4.79 Å². The zero-order chi connectivity index (χ0) is 20.1. The Labute approximate surface area is 167 Å². The molecule has 2 aromatic carbocycles. The van der Waals surface area contributed by atoms with Crippen LogP contribution in [0.4, 0.5) is 5.69 Å². The van der Waals surface area contributed by atoms with Gasteiger partial charge in [-0.2, -0.15) is 4.98 Å². The van der Waals surface area contributed by atoms with Crippen LogP contribution in [0.3, 0.4) is 0 Å². The van der Waals surface area contributed by atoms with Gasteiger partial charge in [-0.05, 0) is 30.7 Å². The number of aromatic nitrogens is 2. The van der Waals surface area contributed by atoms with Crippen molar-refractivity contribution in [1.29, 1.82) is 0 Å². The molecule has 1 aromatic heterocycles. The molecule has 1 N–H and O–H groups in total. The van der Waals surface area contributed by atoms with Crippen molar-refractivity contribution in [3.05, 3.63) is 48.4 Å². The summed E-state index contributed by atoms with van der Waals surface area (Å²) in [6, 6.07) is 12.8. The van der Waals surface area contributed by atoms with Crippen LogP contribution in [0.2, 0.25) is 0 Å². The van der Waals surface area contributed by atoms with Crippen LogP contribution in [0, 0.1) is 0 Å². The van der Waals surface area contributed by atoms with Crippen molar-refractivity contribution in [3.63, 3.8) is 0 Å². The normalized spacial score (nSPS) is 12.4. The number of anilines is 1. The van der Waals surface area contributed by atoms with Crippen molar-refractivity contribution < 1.29 is 23.5 Å². The zero-order valence-electron chi connectivity index (χ0n) is 16.0. The lowest BCUT2D eigenvalue weighted by molar-refractivity contribution is -0.116. The summed E-state index contributed by atoms with van der Waals surface area (Å²) < 4.78 is 21.6. The molecule has 2 heterocycles. The van der Waals surface area contributed by atoms with Gasteiger partial charge in [0.2, 0.25) is 17.6 Å². The highest BCUT2D eigenvalue weighted by Gasteiger charge is 2.14. The minimum absolute atomic E-state index is 0.0915. The van der Waals surface area contributed by atoms with E-state index in [1.54, 1.807) is 25.3 Å². The number of hydrogen-bond donors (Lipinski definition) is 1. The Bertz CT molecular complexity index is 1000. The molecule has 1 aliphatic rings. The van der Waals surface area contributed by atoms with Gasteiger partial charge in [0, 0.05) is 24.6 Å². The maximum absolute atomic E-state index is 12.2. The Morgan fingerprint density at radius 3 is 2.83 bits per heavy atom. The van der Waals surface area contributed by atoms with Crippen LogP contribution in [0.15, 0.2) is 47.0 Å². The van der Waals surface area contributed by atoms with Crippen molar-refractivity contribution in [2.24, 2.45) is 0 Å². The average Bonchev–Trinajstić information content (AvgIpc) is 3.22. The van der Waals surface area contributed by atoms with Gasteiger partial charge in [0.25, 0.3) is 0 Å². The molecule has 8 nitrogen and oxygen atoms in total. The number of aryl methyl sites for hydroxylation is 1. The summed E-state index contributed by atoms with van der Waals surface area (Å²) in [7, 11) is 1.60. The highest BCUT2D eigenvalue weighted by Crippen LogP contribution is 2.32. The van der Waals surface area contributed by atoms with Crippen LogP contribution in [0.25, 0.3) is 11.4 Å². The third-order valence-corrected chi connectivity index (χ3v) is 4.44. The van der Waals surface area contributed by atoms with Crippen LogP contribution in [-0.4, -0.2) is 36.4 Å². The summed E-state index contributed by atoms with van der Waals surface area (Å²) >= 11 is 0. The predicted octanol–water partition coefficient (Wildman–Crippen LogP) is 3.48. The molecule has 0 saturated heterocycles. The van der Waals surface area contributed by atoms with E-state index in [-0.39, 0.29) is 5.91 Å². The van der Waals surface area contributed by atoms with Gasteiger partial charge < -0.3 is 24.1 Å². The fourth-order valence-corrected chi connectivity index (χ4v) is 3.04. The molecule has 29 heavy (non-hydrogen) atoms. The second kappa shape index (κ2) is 8.64. The quantitative estimate of drug-likeness (QED) is 0.654. The Morgan fingerprint density at radius 2 is 1.97 bits per heavy atom. The monoisotopic (exact) mass is 395 g/mol. The Balaban J connectivity index is 1.29. The molecule has 8 heteroatoms. The number of carbonyl (C=O) groups excluding carboxylic acids is 1. The summed E-state index contributed by atoms with van der Waals surface area (Å²) in [5.41, 5.74) is 1.44. The van der Waals surface area contributed by atoms with E-state index in [2.05, 4.69) is 15.5 Å². The fourth-order valence-electron chi connectivity index (χ4n) is 3.04. The van der Waals surface area contributed by atoms with Crippen LogP contribution < -0.4 is 19.5 Å². The topological polar surface area (TPSA) is 95.7 Å². The number of hydrogen-bond acceptors (Lipinski definition) is 7. The molecule has 0 unspecified atom stereocenters. The number of para-hydroxylation sites is 1. The van der Waals surface area contributed by atoms with E-state index in [0.29, 0.717) is 67.1 Å². The van der Waals surface area contributed by atoms with Crippen molar-refractivity contribution in [3.8, 4) is 28.6 Å². The lowest BCUT2D eigenvalue weighted by atomic mass is 10.2. The number of fused-ring (bicyclic) bond motifs is 1. The minimum Gasteiger partial charge on any atom is -0.496 e. The van der Waals surface area contributed by atoms with Crippen molar-refractivity contribution >= 4 is 11.6 Å². The number of nitrogens with zero attached hydrogens (tertiary/aromatic N) is 2. The minimum atomic E-state index is -0.0915. The van der Waals surface area contributed by atoms with E-state index >= 15 is 0 Å². The summed E-state index contributed by atoms with van der Waals surface area (Å²) in [5.74, 6) is 2.88. The number of benzene rings is 2. The highest BCUT2D eigenvalue weighted by molar-refractivity contribution is 5.91. The zero-order valence-corrected chi connectivity index (χ0v) is 16.0. The molecule has 4 rings (SSSR count). The first-order valence-corrected chi connectivity index (χ1v) is 9.38. The lowest BCUT2D eigenvalue weighted by Crippen LogP contribution is -2.16. The lowest BCUT2D eigenvalue weighted by Gasteiger charge is -2.19. The van der Waals surface area contributed by atoms with Crippen LogP contribution >= 0.6 is 0 Å². The SMILES string of the molecule is COc1ccccc1-c1noc(CCCC(=O)Nc2ccc3c(c2)OCCO3)n1. The first-order valence-electron chi connectivity index (χ1n) is 9.38. The molecule has 150 valence electrons. The standard InChI is InChI=1S/C21H21N3O5/c1-26-16-6-3-2-5-15(16)21-23-20(29-24-21)8-4-7-19(25)22-14-9-10-17-18(13-14)28-12-11-27-17/h2-3,5-6,9-10,13H,4,7-8,11-12H2,1H3,(H,22,25). The number of carbonyl (C=O) groups is 1. The van der Waals surface area contributed by atoms with Crippen molar-refractivity contribution in [2.75, 3.05) is 25.6 Å². The molecule has 0 bridgehead atoms. The second-order valence-corrected chi connectivity index (χ2v) is 6.47. The van der Waals surface area contributed by atoms with Crippen LogP contribution in [0.5, 0.6) is 17.2 Å². The highest BCUT2D eigenvalue weighted by atomic mass is 16.6. The number of rotatable bonds is 7. The molecule has 0 radical (unpaired) electrons. The molecule has 0 spiro atoms. The Hall–Kier alpha value is -3.55. The third-order valence-electron chi connectivity index (χ3n) is 4.44. The summed E-state index contributed by atoms with van der Waals surface area (Å²) in [6.45, 7) is 1.04. The molecule has 0 fully saturated rings. The second-order valence-electron chi connectivity index (χ2n) is 6.47. The van der Waals surface area contributed by atoms with E-state index in [0.717, 1.165) is 5.56 Å². The van der Waals surface area contributed by atoms with Gasteiger partial charge in [0.1, 0.15) is 19.0 Å². The molecule has 0 aliphatic carbocycles. The first-order chi connectivity index (χ1) is 14.2. The average molecular weight is 395 g/mol. The maximum Gasteiger partial charge on any atom is 0.226 e. The number of nitrogens with one attached hydrogen (secondary N) is 1. The molecule has 3 aromatic rings.